The van der Waals surface area contributed by atoms with Crippen LogP contribution in [0.5, 0.6) is 5.75 Å². The Balaban J connectivity index is 2.29. The minimum atomic E-state index is -1.33. The molecule has 0 bridgehead atoms. The van der Waals surface area contributed by atoms with Gasteiger partial charge in [-0.3, -0.25) is 10.1 Å². The van der Waals surface area contributed by atoms with Crippen molar-refractivity contribution in [1.82, 2.24) is 0 Å². The molecule has 0 saturated carbocycles. The number of rotatable bonds is 4. The van der Waals surface area contributed by atoms with Gasteiger partial charge in [-0.2, -0.15) is 4.39 Å². The normalized spacial score (nSPS) is 10.5. The lowest BCUT2D eigenvalue weighted by molar-refractivity contribution is -0.386. The van der Waals surface area contributed by atoms with Gasteiger partial charge >= 0.3 is 5.69 Å². The van der Waals surface area contributed by atoms with E-state index in [0.29, 0.717) is 9.64 Å². The van der Waals surface area contributed by atoms with Gasteiger partial charge in [0.15, 0.2) is 17.3 Å². The fourth-order valence-corrected chi connectivity index (χ4v) is 2.15. The number of nitro benzene ring substituents is 1. The topological polar surface area (TPSA) is 78.4 Å². The molecule has 0 radical (unpaired) electrons. The van der Waals surface area contributed by atoms with Crippen molar-refractivity contribution in [2.24, 2.45) is 0 Å². The van der Waals surface area contributed by atoms with E-state index in [-0.39, 0.29) is 12.2 Å². The predicted octanol–water partition coefficient (Wildman–Crippen LogP) is 3.78. The van der Waals surface area contributed by atoms with Gasteiger partial charge in [-0.1, -0.05) is 6.07 Å². The van der Waals surface area contributed by atoms with Crippen LogP contribution in [0.4, 0.5) is 24.5 Å². The molecule has 0 aliphatic carbocycles. The SMILES string of the molecule is Nc1c(F)c(OCc2ccc(I)cc2F)cc(F)c1[N+](=O)[O-]. The summed E-state index contributed by atoms with van der Waals surface area (Å²) in [5.41, 5.74) is 3.18. The van der Waals surface area contributed by atoms with Gasteiger partial charge in [0.05, 0.1) is 4.92 Å². The fourth-order valence-electron chi connectivity index (χ4n) is 1.70. The highest BCUT2D eigenvalue weighted by Crippen LogP contribution is 2.34. The van der Waals surface area contributed by atoms with Crippen LogP contribution >= 0.6 is 22.6 Å². The third-order valence-electron chi connectivity index (χ3n) is 2.77. The zero-order valence-electron chi connectivity index (χ0n) is 10.8. The van der Waals surface area contributed by atoms with Crippen LogP contribution in [0, 0.1) is 31.1 Å². The van der Waals surface area contributed by atoms with E-state index in [1.54, 1.807) is 6.07 Å². The molecular formula is C13H8F3IN2O3. The molecule has 22 heavy (non-hydrogen) atoms. The quantitative estimate of drug-likeness (QED) is 0.351. The first-order valence-electron chi connectivity index (χ1n) is 5.80. The van der Waals surface area contributed by atoms with Gasteiger partial charge in [-0.25, -0.2) is 8.78 Å². The predicted molar refractivity (Wildman–Crippen MR) is 80.9 cm³/mol. The molecule has 2 aromatic carbocycles. The van der Waals surface area contributed by atoms with Crippen LogP contribution in [-0.2, 0) is 6.61 Å². The van der Waals surface area contributed by atoms with Crippen LogP contribution in [0.1, 0.15) is 5.56 Å². The van der Waals surface area contributed by atoms with Crippen molar-refractivity contribution in [3.05, 3.63) is 61.0 Å². The summed E-state index contributed by atoms with van der Waals surface area (Å²) in [4.78, 5) is 9.46. The summed E-state index contributed by atoms with van der Waals surface area (Å²) in [6.45, 7) is -0.379. The first kappa shape index (κ1) is 16.3. The number of ether oxygens (including phenoxy) is 1. The van der Waals surface area contributed by atoms with Crippen LogP contribution < -0.4 is 10.5 Å². The molecule has 0 heterocycles. The minimum absolute atomic E-state index is 0.122. The highest BCUT2D eigenvalue weighted by atomic mass is 127. The lowest BCUT2D eigenvalue weighted by atomic mass is 10.2. The van der Waals surface area contributed by atoms with E-state index < -0.39 is 39.5 Å². The van der Waals surface area contributed by atoms with Crippen molar-refractivity contribution in [2.75, 3.05) is 5.73 Å². The van der Waals surface area contributed by atoms with E-state index in [4.69, 9.17) is 10.5 Å². The molecule has 116 valence electrons. The molecule has 9 heteroatoms. The third-order valence-corrected chi connectivity index (χ3v) is 3.44. The Hall–Kier alpha value is -2.04. The van der Waals surface area contributed by atoms with Gasteiger partial charge < -0.3 is 10.5 Å². The standard InChI is InChI=1S/C13H8F3IN2O3/c14-8-3-7(17)2-1-6(8)5-22-10-4-9(15)13(19(20)21)12(18)11(10)16/h1-4H,5,18H2. The zero-order chi connectivity index (χ0) is 16.4. The van der Waals surface area contributed by atoms with Gasteiger partial charge in [0.1, 0.15) is 12.4 Å². The first-order valence-corrected chi connectivity index (χ1v) is 6.87. The molecule has 0 aromatic heterocycles. The third kappa shape index (κ3) is 3.24. The highest BCUT2D eigenvalue weighted by molar-refractivity contribution is 14.1. The molecule has 0 saturated heterocycles. The van der Waals surface area contributed by atoms with E-state index >= 15 is 0 Å². The smallest absolute Gasteiger partial charge is 0.330 e. The summed E-state index contributed by atoms with van der Waals surface area (Å²) in [6.07, 6.45) is 0. The first-order chi connectivity index (χ1) is 10.3. The van der Waals surface area contributed by atoms with Crippen molar-refractivity contribution >= 4 is 34.0 Å². The summed E-state index contributed by atoms with van der Waals surface area (Å²) in [5.74, 6) is -3.79. The largest absolute Gasteiger partial charge is 0.486 e. The van der Waals surface area contributed by atoms with Gasteiger partial charge in [0.25, 0.3) is 0 Å². The number of halogens is 4. The summed E-state index contributed by atoms with van der Waals surface area (Å²) in [7, 11) is 0. The Bertz CT molecular complexity index is 756. The lowest BCUT2D eigenvalue weighted by Gasteiger charge is -2.10. The minimum Gasteiger partial charge on any atom is -0.486 e. The number of benzene rings is 2. The second kappa shape index (κ2) is 6.38. The van der Waals surface area contributed by atoms with E-state index in [1.165, 1.54) is 12.1 Å². The Morgan fingerprint density at radius 2 is 1.91 bits per heavy atom. The molecule has 0 spiro atoms. The zero-order valence-corrected chi connectivity index (χ0v) is 12.9. The highest BCUT2D eigenvalue weighted by Gasteiger charge is 2.26. The number of nitrogen functional groups attached to an aromatic ring is 1. The lowest BCUT2D eigenvalue weighted by Crippen LogP contribution is -2.06. The van der Waals surface area contributed by atoms with Crippen LogP contribution in [0.3, 0.4) is 0 Å². The Morgan fingerprint density at radius 3 is 2.50 bits per heavy atom. The van der Waals surface area contributed by atoms with E-state index in [9.17, 15) is 23.3 Å². The second-order valence-corrected chi connectivity index (χ2v) is 5.46. The van der Waals surface area contributed by atoms with Gasteiger partial charge in [-0.15, -0.1) is 0 Å². The molecule has 0 unspecified atom stereocenters. The van der Waals surface area contributed by atoms with Crippen LogP contribution in [-0.4, -0.2) is 4.92 Å². The number of nitrogens with zero attached hydrogens (tertiary/aromatic N) is 1. The monoisotopic (exact) mass is 424 g/mol. The molecule has 0 atom stereocenters. The molecule has 0 fully saturated rings. The number of hydrogen-bond donors (Lipinski definition) is 1. The summed E-state index contributed by atoms with van der Waals surface area (Å²) in [6, 6.07) is 4.80. The van der Waals surface area contributed by atoms with Crippen molar-refractivity contribution < 1.29 is 22.8 Å². The van der Waals surface area contributed by atoms with E-state index in [0.717, 1.165) is 0 Å². The number of anilines is 1. The maximum atomic E-state index is 13.9. The maximum absolute atomic E-state index is 13.9. The Kier molecular flexibility index (Phi) is 4.74. The number of nitrogens with two attached hydrogens (primary N) is 1. The van der Waals surface area contributed by atoms with E-state index in [2.05, 4.69) is 0 Å². The average molecular weight is 424 g/mol. The Morgan fingerprint density at radius 1 is 1.23 bits per heavy atom. The van der Waals surface area contributed by atoms with Crippen molar-refractivity contribution in [2.45, 2.75) is 6.61 Å². The summed E-state index contributed by atoms with van der Waals surface area (Å²) in [5, 5.41) is 10.6. The van der Waals surface area contributed by atoms with Gasteiger partial charge in [-0.05, 0) is 34.7 Å². The molecule has 2 N–H and O–H groups in total. The van der Waals surface area contributed by atoms with Crippen LogP contribution in [0.2, 0.25) is 0 Å². The number of nitro groups is 1. The molecule has 5 nitrogen and oxygen atoms in total. The van der Waals surface area contributed by atoms with E-state index in [1.807, 2.05) is 22.6 Å². The fraction of sp³-hybridized carbons (Fsp3) is 0.0769. The second-order valence-electron chi connectivity index (χ2n) is 4.21. The molecular weight excluding hydrogens is 416 g/mol. The average Bonchev–Trinajstić information content (AvgIpc) is 2.42. The van der Waals surface area contributed by atoms with Crippen LogP contribution in [0.25, 0.3) is 0 Å². The molecule has 0 aliphatic heterocycles. The van der Waals surface area contributed by atoms with Crippen molar-refractivity contribution in [3.8, 4) is 5.75 Å². The Labute approximate surface area is 136 Å². The summed E-state index contributed by atoms with van der Waals surface area (Å²) < 4.78 is 46.7. The molecule has 0 aliphatic rings. The molecule has 2 aromatic rings. The van der Waals surface area contributed by atoms with Gasteiger partial charge in [0.2, 0.25) is 5.82 Å². The number of hydrogen-bond acceptors (Lipinski definition) is 4. The maximum Gasteiger partial charge on any atom is 0.330 e. The van der Waals surface area contributed by atoms with Crippen LogP contribution in [0.15, 0.2) is 24.3 Å². The van der Waals surface area contributed by atoms with Crippen molar-refractivity contribution in [3.63, 3.8) is 0 Å². The van der Waals surface area contributed by atoms with Crippen molar-refractivity contribution in [1.29, 1.82) is 0 Å². The summed E-state index contributed by atoms with van der Waals surface area (Å²) >= 11 is 1.91. The molecule has 0 amide bonds. The van der Waals surface area contributed by atoms with Gasteiger partial charge in [0, 0.05) is 15.2 Å². The molecule has 2 rings (SSSR count).